The van der Waals surface area contributed by atoms with Crippen molar-refractivity contribution in [1.82, 2.24) is 0 Å². The van der Waals surface area contributed by atoms with E-state index in [1.807, 2.05) is 0 Å². The van der Waals surface area contributed by atoms with E-state index in [0.717, 1.165) is 12.0 Å². The standard InChI is InChI=1S/C15H24FNO/c1-2-3-4-5-6-7-8-18-15-10-13(12-17)9-14(16)11-15/h9-11H,2-8,12,17H2,1H3. The Morgan fingerprint density at radius 1 is 1.06 bits per heavy atom. The molecule has 1 aromatic carbocycles. The number of nitrogens with two attached hydrogens (primary N) is 1. The van der Waals surface area contributed by atoms with Gasteiger partial charge >= 0.3 is 0 Å². The maximum Gasteiger partial charge on any atom is 0.127 e. The lowest BCUT2D eigenvalue weighted by molar-refractivity contribution is 0.302. The largest absolute Gasteiger partial charge is 0.493 e. The van der Waals surface area contributed by atoms with Gasteiger partial charge in [-0.25, -0.2) is 4.39 Å². The molecule has 1 aromatic rings. The number of benzene rings is 1. The number of unbranched alkanes of at least 4 members (excludes halogenated alkanes) is 5. The van der Waals surface area contributed by atoms with Crippen molar-refractivity contribution in [3.05, 3.63) is 29.6 Å². The topological polar surface area (TPSA) is 35.2 Å². The quantitative estimate of drug-likeness (QED) is 0.674. The van der Waals surface area contributed by atoms with Gasteiger partial charge in [0.1, 0.15) is 11.6 Å². The molecule has 0 fully saturated rings. The minimum Gasteiger partial charge on any atom is -0.493 e. The summed E-state index contributed by atoms with van der Waals surface area (Å²) in [6.07, 6.45) is 7.34. The third kappa shape index (κ3) is 6.01. The van der Waals surface area contributed by atoms with Crippen LogP contribution in [0.5, 0.6) is 5.75 Å². The molecule has 3 heteroatoms. The Labute approximate surface area is 109 Å². The van der Waals surface area contributed by atoms with E-state index < -0.39 is 0 Å². The molecule has 0 saturated carbocycles. The Morgan fingerprint density at radius 3 is 2.50 bits per heavy atom. The fourth-order valence-electron chi connectivity index (χ4n) is 1.89. The Kier molecular flexibility index (Phi) is 7.42. The first-order valence-electron chi connectivity index (χ1n) is 6.88. The summed E-state index contributed by atoms with van der Waals surface area (Å²) in [4.78, 5) is 0. The molecular weight excluding hydrogens is 229 g/mol. The van der Waals surface area contributed by atoms with Crippen LogP contribution in [0.1, 0.15) is 51.0 Å². The first-order chi connectivity index (χ1) is 8.76. The van der Waals surface area contributed by atoms with Crippen LogP contribution in [0.25, 0.3) is 0 Å². The van der Waals surface area contributed by atoms with E-state index in [9.17, 15) is 4.39 Å². The molecule has 0 atom stereocenters. The molecule has 102 valence electrons. The second kappa shape index (κ2) is 8.92. The molecule has 18 heavy (non-hydrogen) atoms. The van der Waals surface area contributed by atoms with E-state index in [1.165, 1.54) is 44.2 Å². The molecule has 0 spiro atoms. The van der Waals surface area contributed by atoms with Gasteiger partial charge in [0, 0.05) is 12.6 Å². The summed E-state index contributed by atoms with van der Waals surface area (Å²) in [5.41, 5.74) is 6.26. The van der Waals surface area contributed by atoms with Crippen molar-refractivity contribution in [2.24, 2.45) is 5.73 Å². The van der Waals surface area contributed by atoms with Crippen LogP contribution in [0.2, 0.25) is 0 Å². The van der Waals surface area contributed by atoms with Gasteiger partial charge in [0.25, 0.3) is 0 Å². The third-order valence-corrected chi connectivity index (χ3v) is 2.93. The Bertz CT molecular complexity index is 341. The average Bonchev–Trinajstić information content (AvgIpc) is 2.37. The summed E-state index contributed by atoms with van der Waals surface area (Å²) in [7, 11) is 0. The lowest BCUT2D eigenvalue weighted by Crippen LogP contribution is -2.01. The van der Waals surface area contributed by atoms with Crippen LogP contribution in [0.4, 0.5) is 4.39 Å². The normalized spacial score (nSPS) is 10.6. The highest BCUT2D eigenvalue weighted by Gasteiger charge is 2.00. The number of halogens is 1. The molecule has 0 unspecified atom stereocenters. The van der Waals surface area contributed by atoms with Crippen LogP contribution in [-0.2, 0) is 6.54 Å². The monoisotopic (exact) mass is 253 g/mol. The molecule has 0 aliphatic rings. The van der Waals surface area contributed by atoms with Gasteiger partial charge in [-0.15, -0.1) is 0 Å². The van der Waals surface area contributed by atoms with Crippen molar-refractivity contribution in [2.45, 2.75) is 52.0 Å². The molecule has 0 heterocycles. The molecule has 0 saturated heterocycles. The minimum atomic E-state index is -0.282. The first kappa shape index (κ1) is 15.0. The first-order valence-corrected chi connectivity index (χ1v) is 6.88. The summed E-state index contributed by atoms with van der Waals surface area (Å²) < 4.78 is 18.7. The summed E-state index contributed by atoms with van der Waals surface area (Å²) in [6, 6.07) is 4.66. The smallest absolute Gasteiger partial charge is 0.127 e. The van der Waals surface area contributed by atoms with Gasteiger partial charge in [0.05, 0.1) is 6.61 Å². The molecule has 0 aromatic heterocycles. The fraction of sp³-hybridized carbons (Fsp3) is 0.600. The van der Waals surface area contributed by atoms with Crippen LogP contribution in [0.3, 0.4) is 0 Å². The van der Waals surface area contributed by atoms with E-state index in [4.69, 9.17) is 10.5 Å². The second-order valence-corrected chi connectivity index (χ2v) is 4.62. The van der Waals surface area contributed by atoms with Crippen molar-refractivity contribution in [3.8, 4) is 5.75 Å². The maximum atomic E-state index is 13.2. The summed E-state index contributed by atoms with van der Waals surface area (Å²) >= 11 is 0. The second-order valence-electron chi connectivity index (χ2n) is 4.62. The molecule has 0 aliphatic carbocycles. The van der Waals surface area contributed by atoms with E-state index in [1.54, 1.807) is 6.07 Å². The van der Waals surface area contributed by atoms with E-state index in [0.29, 0.717) is 18.9 Å². The van der Waals surface area contributed by atoms with Gasteiger partial charge in [0.2, 0.25) is 0 Å². The molecular formula is C15H24FNO. The van der Waals surface area contributed by atoms with Crippen LogP contribution in [0.15, 0.2) is 18.2 Å². The minimum absolute atomic E-state index is 0.282. The zero-order chi connectivity index (χ0) is 13.2. The van der Waals surface area contributed by atoms with Gasteiger partial charge in [0.15, 0.2) is 0 Å². The summed E-state index contributed by atoms with van der Waals surface area (Å²) in [6.45, 7) is 3.20. The lowest BCUT2D eigenvalue weighted by Gasteiger charge is -2.08. The number of hydrogen-bond donors (Lipinski definition) is 1. The van der Waals surface area contributed by atoms with E-state index in [2.05, 4.69) is 6.92 Å². The molecule has 0 aliphatic heterocycles. The number of ether oxygens (including phenoxy) is 1. The Morgan fingerprint density at radius 2 is 1.78 bits per heavy atom. The van der Waals surface area contributed by atoms with Gasteiger partial charge in [-0.1, -0.05) is 39.0 Å². The van der Waals surface area contributed by atoms with Gasteiger partial charge in [-0.05, 0) is 24.1 Å². The van der Waals surface area contributed by atoms with Crippen LogP contribution < -0.4 is 10.5 Å². The molecule has 2 nitrogen and oxygen atoms in total. The lowest BCUT2D eigenvalue weighted by atomic mass is 10.1. The maximum absolute atomic E-state index is 13.2. The predicted molar refractivity (Wildman–Crippen MR) is 73.2 cm³/mol. The SMILES string of the molecule is CCCCCCCCOc1cc(F)cc(CN)c1. The number of hydrogen-bond acceptors (Lipinski definition) is 2. The van der Waals surface area contributed by atoms with Gasteiger partial charge < -0.3 is 10.5 Å². The molecule has 0 radical (unpaired) electrons. The van der Waals surface area contributed by atoms with Crippen molar-refractivity contribution in [3.63, 3.8) is 0 Å². The number of rotatable bonds is 9. The highest BCUT2D eigenvalue weighted by atomic mass is 19.1. The fourth-order valence-corrected chi connectivity index (χ4v) is 1.89. The van der Waals surface area contributed by atoms with Crippen molar-refractivity contribution in [1.29, 1.82) is 0 Å². The summed E-state index contributed by atoms with van der Waals surface area (Å²) in [5.74, 6) is 0.305. The Balaban J connectivity index is 2.20. The van der Waals surface area contributed by atoms with Crippen LogP contribution in [-0.4, -0.2) is 6.61 Å². The molecule has 0 amide bonds. The van der Waals surface area contributed by atoms with Crippen molar-refractivity contribution >= 4 is 0 Å². The average molecular weight is 253 g/mol. The van der Waals surface area contributed by atoms with Crippen molar-refractivity contribution < 1.29 is 9.13 Å². The zero-order valence-corrected chi connectivity index (χ0v) is 11.3. The van der Waals surface area contributed by atoms with Crippen LogP contribution in [0, 0.1) is 5.82 Å². The van der Waals surface area contributed by atoms with E-state index in [-0.39, 0.29) is 5.82 Å². The highest BCUT2D eigenvalue weighted by molar-refractivity contribution is 5.29. The molecule has 1 rings (SSSR count). The third-order valence-electron chi connectivity index (χ3n) is 2.93. The van der Waals surface area contributed by atoms with Gasteiger partial charge in [-0.2, -0.15) is 0 Å². The van der Waals surface area contributed by atoms with Gasteiger partial charge in [-0.3, -0.25) is 0 Å². The molecule has 0 bridgehead atoms. The molecule has 2 N–H and O–H groups in total. The Hall–Kier alpha value is -1.09. The van der Waals surface area contributed by atoms with Crippen molar-refractivity contribution in [2.75, 3.05) is 6.61 Å². The highest BCUT2D eigenvalue weighted by Crippen LogP contribution is 2.16. The zero-order valence-electron chi connectivity index (χ0n) is 11.3. The summed E-state index contributed by atoms with van der Waals surface area (Å²) in [5, 5.41) is 0. The predicted octanol–water partition coefficient (Wildman–Crippen LogP) is 4.02. The van der Waals surface area contributed by atoms with Crippen LogP contribution >= 0.6 is 0 Å². The van der Waals surface area contributed by atoms with E-state index >= 15 is 0 Å².